The van der Waals surface area contributed by atoms with E-state index in [4.69, 9.17) is 0 Å². The molecule has 1 atom stereocenters. The van der Waals surface area contributed by atoms with Gasteiger partial charge in [-0.15, -0.1) is 0 Å². The van der Waals surface area contributed by atoms with Gasteiger partial charge in [0.2, 0.25) is 5.65 Å². The van der Waals surface area contributed by atoms with E-state index < -0.39 is 0 Å². The van der Waals surface area contributed by atoms with E-state index in [-0.39, 0.29) is 5.56 Å². The van der Waals surface area contributed by atoms with Gasteiger partial charge in [-0.25, -0.2) is 9.50 Å². The van der Waals surface area contributed by atoms with Crippen molar-refractivity contribution in [1.82, 2.24) is 19.6 Å². The summed E-state index contributed by atoms with van der Waals surface area (Å²) >= 11 is 0. The van der Waals surface area contributed by atoms with E-state index in [9.17, 15) is 4.79 Å². The molecule has 0 spiro atoms. The molecule has 0 aliphatic rings. The van der Waals surface area contributed by atoms with E-state index in [0.717, 1.165) is 25.0 Å². The SMILES string of the molecule is CCCCC(CCC)c1cnc2c(=O)[nH]cnn12. The highest BCUT2D eigenvalue weighted by atomic mass is 16.1. The molecule has 5 nitrogen and oxygen atoms in total. The Kier molecular flexibility index (Phi) is 4.12. The molecule has 0 fully saturated rings. The van der Waals surface area contributed by atoms with Gasteiger partial charge in [-0.1, -0.05) is 33.1 Å². The van der Waals surface area contributed by atoms with Crippen LogP contribution in [0.25, 0.3) is 5.65 Å². The third-order valence-corrected chi connectivity index (χ3v) is 3.30. The second-order valence-corrected chi connectivity index (χ2v) is 4.66. The van der Waals surface area contributed by atoms with Crippen LogP contribution in [-0.4, -0.2) is 19.6 Å². The molecular weight excluding hydrogens is 228 g/mol. The monoisotopic (exact) mass is 248 g/mol. The lowest BCUT2D eigenvalue weighted by molar-refractivity contribution is 0.520. The summed E-state index contributed by atoms with van der Waals surface area (Å²) in [5.74, 6) is 0.444. The van der Waals surface area contributed by atoms with E-state index in [1.807, 2.05) is 0 Å². The Morgan fingerprint density at radius 3 is 2.89 bits per heavy atom. The van der Waals surface area contributed by atoms with Gasteiger partial charge in [-0.05, 0) is 12.8 Å². The number of nitrogens with one attached hydrogen (secondary N) is 1. The van der Waals surface area contributed by atoms with Crippen molar-refractivity contribution in [3.05, 3.63) is 28.6 Å². The zero-order chi connectivity index (χ0) is 13.0. The van der Waals surface area contributed by atoms with Gasteiger partial charge in [-0.2, -0.15) is 5.10 Å². The molecule has 0 aliphatic carbocycles. The van der Waals surface area contributed by atoms with Crippen LogP contribution in [0.5, 0.6) is 0 Å². The first-order chi connectivity index (χ1) is 8.77. The van der Waals surface area contributed by atoms with Crippen LogP contribution in [0, 0.1) is 0 Å². The van der Waals surface area contributed by atoms with E-state index >= 15 is 0 Å². The van der Waals surface area contributed by atoms with Crippen LogP contribution in [0.4, 0.5) is 0 Å². The molecule has 0 amide bonds. The number of fused-ring (bicyclic) bond motifs is 1. The summed E-state index contributed by atoms with van der Waals surface area (Å²) in [5.41, 5.74) is 1.28. The summed E-state index contributed by atoms with van der Waals surface area (Å²) in [6.45, 7) is 4.38. The van der Waals surface area contributed by atoms with Crippen molar-refractivity contribution in [3.8, 4) is 0 Å². The Labute approximate surface area is 106 Å². The summed E-state index contributed by atoms with van der Waals surface area (Å²) in [6, 6.07) is 0. The third-order valence-electron chi connectivity index (χ3n) is 3.30. The third kappa shape index (κ3) is 2.44. The first-order valence-electron chi connectivity index (χ1n) is 6.69. The topological polar surface area (TPSA) is 63.0 Å². The average Bonchev–Trinajstić information content (AvgIpc) is 2.80. The fraction of sp³-hybridized carbons (Fsp3) is 0.615. The van der Waals surface area contributed by atoms with Crippen molar-refractivity contribution in [1.29, 1.82) is 0 Å². The Hall–Kier alpha value is -1.65. The maximum Gasteiger partial charge on any atom is 0.294 e. The van der Waals surface area contributed by atoms with Crippen molar-refractivity contribution in [2.75, 3.05) is 0 Å². The van der Waals surface area contributed by atoms with Crippen LogP contribution in [0.15, 0.2) is 17.3 Å². The molecule has 0 aliphatic heterocycles. The largest absolute Gasteiger partial charge is 0.308 e. The van der Waals surface area contributed by atoms with Gasteiger partial charge in [0, 0.05) is 5.92 Å². The fourth-order valence-corrected chi connectivity index (χ4v) is 2.36. The number of imidazole rings is 1. The smallest absolute Gasteiger partial charge is 0.294 e. The molecule has 1 unspecified atom stereocenters. The zero-order valence-electron chi connectivity index (χ0n) is 11.0. The Balaban J connectivity index is 2.37. The number of hydrogen-bond donors (Lipinski definition) is 1. The normalized spacial score (nSPS) is 13.0. The minimum Gasteiger partial charge on any atom is -0.308 e. The van der Waals surface area contributed by atoms with Crippen molar-refractivity contribution in [2.24, 2.45) is 0 Å². The summed E-state index contributed by atoms with van der Waals surface area (Å²) in [4.78, 5) is 18.3. The second-order valence-electron chi connectivity index (χ2n) is 4.66. The lowest BCUT2D eigenvalue weighted by atomic mass is 9.94. The van der Waals surface area contributed by atoms with E-state index in [2.05, 4.69) is 28.9 Å². The van der Waals surface area contributed by atoms with Crippen LogP contribution >= 0.6 is 0 Å². The van der Waals surface area contributed by atoms with Crippen molar-refractivity contribution < 1.29 is 0 Å². The van der Waals surface area contributed by atoms with Gasteiger partial charge >= 0.3 is 0 Å². The molecule has 0 aromatic carbocycles. The Morgan fingerprint density at radius 2 is 2.17 bits per heavy atom. The van der Waals surface area contributed by atoms with Crippen molar-refractivity contribution in [3.63, 3.8) is 0 Å². The molecule has 0 bridgehead atoms. The summed E-state index contributed by atoms with van der Waals surface area (Å²) < 4.78 is 1.69. The van der Waals surface area contributed by atoms with Crippen molar-refractivity contribution >= 4 is 5.65 Å². The minimum absolute atomic E-state index is 0.179. The number of aromatic nitrogens is 4. The summed E-state index contributed by atoms with van der Waals surface area (Å²) in [5, 5.41) is 4.21. The maximum absolute atomic E-state index is 11.6. The molecule has 0 saturated heterocycles. The lowest BCUT2D eigenvalue weighted by Crippen LogP contribution is -2.13. The van der Waals surface area contributed by atoms with Crippen LogP contribution in [0.3, 0.4) is 0 Å². The minimum atomic E-state index is -0.179. The van der Waals surface area contributed by atoms with Gasteiger partial charge in [0.15, 0.2) is 0 Å². The van der Waals surface area contributed by atoms with E-state index in [1.165, 1.54) is 19.2 Å². The highest BCUT2D eigenvalue weighted by Gasteiger charge is 2.16. The van der Waals surface area contributed by atoms with Gasteiger partial charge in [-0.3, -0.25) is 4.79 Å². The Morgan fingerprint density at radius 1 is 1.33 bits per heavy atom. The standard InChI is InChI=1S/C13H20N4O/c1-3-5-7-10(6-4-2)11-8-14-12-13(18)15-9-16-17(11)12/h8-10H,3-7H2,1-2H3,(H,15,16,18). The lowest BCUT2D eigenvalue weighted by Gasteiger charge is -2.14. The second kappa shape index (κ2) is 5.80. The van der Waals surface area contributed by atoms with Crippen molar-refractivity contribution in [2.45, 2.75) is 51.9 Å². The average molecular weight is 248 g/mol. The summed E-state index contributed by atoms with van der Waals surface area (Å²) in [6.07, 6.45) is 8.99. The van der Waals surface area contributed by atoms with Gasteiger partial charge in [0.1, 0.15) is 6.33 Å². The molecule has 2 heterocycles. The molecule has 1 N–H and O–H groups in total. The van der Waals surface area contributed by atoms with Gasteiger partial charge in [0.25, 0.3) is 5.56 Å². The van der Waals surface area contributed by atoms with Crippen LogP contribution < -0.4 is 5.56 Å². The molecule has 98 valence electrons. The molecule has 2 aromatic rings. The number of rotatable bonds is 6. The van der Waals surface area contributed by atoms with Gasteiger partial charge < -0.3 is 4.98 Å². The molecule has 5 heteroatoms. The highest BCUT2D eigenvalue weighted by Crippen LogP contribution is 2.26. The molecule has 2 rings (SSSR count). The van der Waals surface area contributed by atoms with Crippen LogP contribution in [0.2, 0.25) is 0 Å². The van der Waals surface area contributed by atoms with E-state index in [0.29, 0.717) is 11.6 Å². The quantitative estimate of drug-likeness (QED) is 0.854. The molecule has 2 aromatic heterocycles. The number of unbranched alkanes of at least 4 members (excludes halogenated alkanes) is 1. The van der Waals surface area contributed by atoms with Crippen LogP contribution in [0.1, 0.15) is 57.6 Å². The first-order valence-corrected chi connectivity index (χ1v) is 6.69. The summed E-state index contributed by atoms with van der Waals surface area (Å²) in [7, 11) is 0. The zero-order valence-corrected chi connectivity index (χ0v) is 11.0. The Bertz CT molecular complexity index is 557. The number of H-pyrrole nitrogens is 1. The molecular formula is C13H20N4O. The predicted molar refractivity (Wildman–Crippen MR) is 70.8 cm³/mol. The first kappa shape index (κ1) is 12.8. The van der Waals surface area contributed by atoms with E-state index in [1.54, 1.807) is 10.7 Å². The molecule has 0 radical (unpaired) electrons. The highest BCUT2D eigenvalue weighted by molar-refractivity contribution is 5.36. The molecule has 0 saturated carbocycles. The number of aromatic amines is 1. The predicted octanol–water partition coefficient (Wildman–Crippen LogP) is 2.49. The molecule has 18 heavy (non-hydrogen) atoms. The number of nitrogens with zero attached hydrogens (tertiary/aromatic N) is 3. The number of hydrogen-bond acceptors (Lipinski definition) is 3. The fourth-order valence-electron chi connectivity index (χ4n) is 2.36. The maximum atomic E-state index is 11.6. The van der Waals surface area contributed by atoms with Gasteiger partial charge in [0.05, 0.1) is 11.9 Å². The van der Waals surface area contributed by atoms with Crippen LogP contribution in [-0.2, 0) is 0 Å².